The third-order valence-electron chi connectivity index (χ3n) is 0.941. The molecule has 5 heteroatoms. The maximum absolute atomic E-state index is 10.7. The molecule has 0 aromatic heterocycles. The third-order valence-corrected chi connectivity index (χ3v) is 0.941. The van der Waals surface area contributed by atoms with Crippen LogP contribution in [0.15, 0.2) is 12.7 Å². The summed E-state index contributed by atoms with van der Waals surface area (Å²) in [5, 5.41) is 12.4. The molecule has 0 atom stereocenters. The van der Waals surface area contributed by atoms with Crippen molar-refractivity contribution in [3.8, 4) is 6.07 Å². The van der Waals surface area contributed by atoms with Gasteiger partial charge in [-0.15, -0.1) is 6.58 Å². The predicted octanol–water partition coefficient (Wildman–Crippen LogP) is -1.07. The van der Waals surface area contributed by atoms with Crippen LogP contribution in [0.3, 0.4) is 0 Å². The number of nitrogens with one attached hydrogen (secondary N) is 2. The summed E-state index contributed by atoms with van der Waals surface area (Å²) in [7, 11) is 0. The van der Waals surface area contributed by atoms with E-state index < -0.39 is 11.8 Å². The molecule has 0 bridgehead atoms. The van der Waals surface area contributed by atoms with E-state index in [0.717, 1.165) is 0 Å². The highest BCUT2D eigenvalue weighted by Crippen LogP contribution is 1.68. The zero-order valence-corrected chi connectivity index (χ0v) is 6.46. The average Bonchev–Trinajstić information content (AvgIpc) is 2.10. The van der Waals surface area contributed by atoms with Crippen LogP contribution in [0.5, 0.6) is 0 Å². The van der Waals surface area contributed by atoms with Crippen molar-refractivity contribution in [1.82, 2.24) is 10.6 Å². The normalized spacial score (nSPS) is 7.92. The van der Waals surface area contributed by atoms with Gasteiger partial charge in [0.05, 0.1) is 6.07 Å². The molecule has 5 nitrogen and oxygen atoms in total. The quantitative estimate of drug-likeness (QED) is 0.319. The second kappa shape index (κ2) is 5.92. The molecule has 0 heterocycles. The standard InChI is InChI=1S/C7H9N3O2/c1-2-4-9-6(11)7(12)10-5-3-8/h2H,1,4-5H2,(H,9,11)(H,10,12). The fourth-order valence-corrected chi connectivity index (χ4v) is 0.445. The molecule has 2 amide bonds. The molecule has 0 unspecified atom stereocenters. The Hall–Kier alpha value is -1.83. The van der Waals surface area contributed by atoms with Gasteiger partial charge in [-0.2, -0.15) is 5.26 Å². The van der Waals surface area contributed by atoms with Gasteiger partial charge in [0.1, 0.15) is 6.54 Å². The molecule has 0 aromatic rings. The highest BCUT2D eigenvalue weighted by Gasteiger charge is 2.10. The summed E-state index contributed by atoms with van der Waals surface area (Å²) in [6.45, 7) is 3.42. The number of nitrogens with zero attached hydrogens (tertiary/aromatic N) is 1. The molecule has 0 aliphatic carbocycles. The number of carbonyl (C=O) groups excluding carboxylic acids is 2. The molecule has 0 aliphatic heterocycles. The minimum Gasteiger partial charge on any atom is -0.344 e. The maximum atomic E-state index is 10.7. The predicted molar refractivity (Wildman–Crippen MR) is 41.8 cm³/mol. The van der Waals surface area contributed by atoms with E-state index in [1.54, 1.807) is 6.07 Å². The molecule has 0 saturated heterocycles. The molecule has 64 valence electrons. The summed E-state index contributed by atoms with van der Waals surface area (Å²) in [4.78, 5) is 21.4. The van der Waals surface area contributed by atoms with Crippen LogP contribution < -0.4 is 10.6 Å². The van der Waals surface area contributed by atoms with E-state index in [1.165, 1.54) is 6.08 Å². The van der Waals surface area contributed by atoms with Crippen LogP contribution >= 0.6 is 0 Å². The Morgan fingerprint density at radius 1 is 1.42 bits per heavy atom. The molecule has 0 spiro atoms. The second-order valence-electron chi connectivity index (χ2n) is 1.84. The Morgan fingerprint density at radius 3 is 2.50 bits per heavy atom. The molecule has 0 saturated carbocycles. The molecule has 12 heavy (non-hydrogen) atoms. The zero-order valence-electron chi connectivity index (χ0n) is 6.46. The molecule has 0 radical (unpaired) electrons. The Bertz CT molecular complexity index is 229. The number of hydrogen-bond donors (Lipinski definition) is 2. The average molecular weight is 167 g/mol. The molecule has 2 N–H and O–H groups in total. The van der Waals surface area contributed by atoms with Crippen LogP contribution in [0, 0.1) is 11.3 Å². The van der Waals surface area contributed by atoms with Crippen LogP contribution in [0.25, 0.3) is 0 Å². The van der Waals surface area contributed by atoms with Gasteiger partial charge in [-0.05, 0) is 0 Å². The minimum atomic E-state index is -0.807. The summed E-state index contributed by atoms with van der Waals surface area (Å²) >= 11 is 0. The van der Waals surface area contributed by atoms with Crippen LogP contribution in [0.1, 0.15) is 0 Å². The number of rotatable bonds is 3. The molecule has 0 rings (SSSR count). The van der Waals surface area contributed by atoms with E-state index >= 15 is 0 Å². The summed E-state index contributed by atoms with van der Waals surface area (Å²) in [5.41, 5.74) is 0. The van der Waals surface area contributed by atoms with Gasteiger partial charge in [-0.3, -0.25) is 9.59 Å². The summed E-state index contributed by atoms with van der Waals surface area (Å²) < 4.78 is 0. The van der Waals surface area contributed by atoms with Crippen LogP contribution in [-0.4, -0.2) is 24.9 Å². The van der Waals surface area contributed by atoms with Gasteiger partial charge in [0.15, 0.2) is 0 Å². The van der Waals surface area contributed by atoms with E-state index in [1.807, 2.05) is 0 Å². The number of carbonyl (C=O) groups is 2. The highest BCUT2D eigenvalue weighted by atomic mass is 16.2. The lowest BCUT2D eigenvalue weighted by molar-refractivity contribution is -0.138. The Kier molecular flexibility index (Phi) is 5.02. The Balaban J connectivity index is 3.71. The lowest BCUT2D eigenvalue weighted by Crippen LogP contribution is -2.39. The number of hydrogen-bond acceptors (Lipinski definition) is 3. The molecule has 0 aromatic carbocycles. The lowest BCUT2D eigenvalue weighted by Gasteiger charge is -1.99. The van der Waals surface area contributed by atoms with Gasteiger partial charge in [0.2, 0.25) is 0 Å². The fourth-order valence-electron chi connectivity index (χ4n) is 0.445. The summed E-state index contributed by atoms with van der Waals surface area (Å²) in [5.74, 6) is -1.57. The van der Waals surface area contributed by atoms with Crippen LogP contribution in [-0.2, 0) is 9.59 Å². The van der Waals surface area contributed by atoms with Gasteiger partial charge >= 0.3 is 11.8 Å². The lowest BCUT2D eigenvalue weighted by atomic mass is 10.5. The number of amides is 2. The van der Waals surface area contributed by atoms with Crippen molar-refractivity contribution in [2.24, 2.45) is 0 Å². The van der Waals surface area contributed by atoms with E-state index in [-0.39, 0.29) is 13.1 Å². The van der Waals surface area contributed by atoms with Gasteiger partial charge in [-0.1, -0.05) is 6.08 Å². The minimum absolute atomic E-state index is 0.166. The first-order chi connectivity index (χ1) is 5.72. The number of nitriles is 1. The second-order valence-corrected chi connectivity index (χ2v) is 1.84. The first kappa shape index (κ1) is 10.2. The highest BCUT2D eigenvalue weighted by molar-refractivity contribution is 6.35. The van der Waals surface area contributed by atoms with E-state index in [9.17, 15) is 9.59 Å². The monoisotopic (exact) mass is 167 g/mol. The van der Waals surface area contributed by atoms with Gasteiger partial charge in [0.25, 0.3) is 0 Å². The van der Waals surface area contributed by atoms with Crippen molar-refractivity contribution >= 4 is 11.8 Å². The van der Waals surface area contributed by atoms with Crippen molar-refractivity contribution < 1.29 is 9.59 Å². The fraction of sp³-hybridized carbons (Fsp3) is 0.286. The third kappa shape index (κ3) is 4.06. The smallest absolute Gasteiger partial charge is 0.310 e. The van der Waals surface area contributed by atoms with E-state index in [0.29, 0.717) is 0 Å². The first-order valence-electron chi connectivity index (χ1n) is 3.26. The van der Waals surface area contributed by atoms with Gasteiger partial charge in [-0.25, -0.2) is 0 Å². The molecule has 0 fully saturated rings. The Morgan fingerprint density at radius 2 is 2.00 bits per heavy atom. The largest absolute Gasteiger partial charge is 0.344 e. The molecule has 0 aliphatic rings. The summed E-state index contributed by atoms with van der Waals surface area (Å²) in [6.07, 6.45) is 1.45. The topological polar surface area (TPSA) is 82.0 Å². The molecular formula is C7H9N3O2. The van der Waals surface area contributed by atoms with E-state index in [2.05, 4.69) is 17.2 Å². The van der Waals surface area contributed by atoms with Crippen LogP contribution in [0.2, 0.25) is 0 Å². The zero-order chi connectivity index (χ0) is 9.40. The van der Waals surface area contributed by atoms with Crippen molar-refractivity contribution in [2.75, 3.05) is 13.1 Å². The first-order valence-corrected chi connectivity index (χ1v) is 3.26. The summed E-state index contributed by atoms with van der Waals surface area (Å²) in [6, 6.07) is 1.68. The van der Waals surface area contributed by atoms with Crippen molar-refractivity contribution in [3.63, 3.8) is 0 Å². The van der Waals surface area contributed by atoms with E-state index in [4.69, 9.17) is 5.26 Å². The van der Waals surface area contributed by atoms with Crippen LogP contribution in [0.4, 0.5) is 0 Å². The van der Waals surface area contributed by atoms with Crippen molar-refractivity contribution in [1.29, 1.82) is 5.26 Å². The SMILES string of the molecule is C=CCNC(=O)C(=O)NCC#N. The molecular weight excluding hydrogens is 158 g/mol. The Labute approximate surface area is 70.1 Å². The van der Waals surface area contributed by atoms with Gasteiger partial charge in [0, 0.05) is 6.54 Å². The van der Waals surface area contributed by atoms with Gasteiger partial charge < -0.3 is 10.6 Å². The van der Waals surface area contributed by atoms with Crippen molar-refractivity contribution in [3.05, 3.63) is 12.7 Å². The van der Waals surface area contributed by atoms with Crippen molar-refractivity contribution in [2.45, 2.75) is 0 Å². The maximum Gasteiger partial charge on any atom is 0.310 e.